The Morgan fingerprint density at radius 2 is 1.86 bits per heavy atom. The number of Topliss-reactive ketones (excluding diaryl/α,β-unsaturated/α-hetero) is 1. The number of aromatic hydroxyl groups is 2. The lowest BCUT2D eigenvalue weighted by molar-refractivity contribution is -0.256. The van der Waals surface area contributed by atoms with E-state index in [1.54, 1.807) is 7.11 Å². The summed E-state index contributed by atoms with van der Waals surface area (Å²) in [5.74, 6) is -3.20. The molecule has 2 aromatic rings. The Morgan fingerprint density at radius 3 is 2.59 bits per heavy atom. The van der Waals surface area contributed by atoms with Crippen molar-refractivity contribution in [3.8, 4) is 11.5 Å². The third-order valence-corrected chi connectivity index (χ3v) is 9.69. The van der Waals surface area contributed by atoms with Crippen LogP contribution in [0.5, 0.6) is 11.5 Å². The molecule has 0 radical (unpaired) electrons. The van der Waals surface area contributed by atoms with Crippen molar-refractivity contribution in [1.82, 2.24) is 4.90 Å². The van der Waals surface area contributed by atoms with E-state index in [1.165, 1.54) is 25.1 Å². The topological polar surface area (TPSA) is 187 Å². The number of fused-ring (bicyclic) bond motifs is 6. The molecule has 44 heavy (non-hydrogen) atoms. The minimum atomic E-state index is -1.99. The number of ether oxygens (including phenoxy) is 5. The second-order valence-corrected chi connectivity index (χ2v) is 12.1. The number of carbonyl (C=O) groups excluding carboxylic acids is 3. The lowest BCUT2D eigenvalue weighted by Gasteiger charge is -2.43. The lowest BCUT2D eigenvalue weighted by atomic mass is 9.72. The molecule has 0 saturated carbocycles. The molecule has 3 fully saturated rings. The number of benzene rings is 2. The van der Waals surface area contributed by atoms with Crippen LogP contribution in [0.1, 0.15) is 75.8 Å². The summed E-state index contributed by atoms with van der Waals surface area (Å²) in [4.78, 5) is 42.1. The summed E-state index contributed by atoms with van der Waals surface area (Å²) >= 11 is 0. The number of rotatable bonds is 4. The van der Waals surface area contributed by atoms with E-state index in [4.69, 9.17) is 29.4 Å². The maximum Gasteiger partial charge on any atom is 0.200 e. The molecule has 13 heteroatoms. The number of ketones is 3. The Labute approximate surface area is 252 Å². The van der Waals surface area contributed by atoms with Gasteiger partial charge in [-0.3, -0.25) is 19.3 Å². The zero-order valence-corrected chi connectivity index (χ0v) is 24.4. The molecule has 13 nitrogen and oxygen atoms in total. The van der Waals surface area contributed by atoms with Gasteiger partial charge in [-0.15, -0.1) is 0 Å². The average molecular weight is 611 g/mol. The number of phenolic OH excluding ortho intramolecular Hbond substituents is 2. The molecule has 0 spiro atoms. The molecule has 0 amide bonds. The highest BCUT2D eigenvalue weighted by molar-refractivity contribution is 6.32. The quantitative estimate of drug-likeness (QED) is 0.245. The van der Waals surface area contributed by atoms with E-state index in [-0.39, 0.29) is 46.5 Å². The van der Waals surface area contributed by atoms with Gasteiger partial charge in [0.25, 0.3) is 0 Å². The molecule has 2 aromatic carbocycles. The average Bonchev–Trinajstić information content (AvgIpc) is 3.37. The van der Waals surface area contributed by atoms with E-state index < -0.39 is 83.0 Å². The van der Waals surface area contributed by atoms with Crippen LogP contribution in [0.15, 0.2) is 18.2 Å². The molecule has 8 atom stereocenters. The summed E-state index contributed by atoms with van der Waals surface area (Å²) in [6.07, 6.45) is -4.14. The van der Waals surface area contributed by atoms with Gasteiger partial charge in [0.1, 0.15) is 23.2 Å². The maximum atomic E-state index is 13.7. The normalized spacial score (nSPS) is 34.5. The first-order chi connectivity index (χ1) is 20.9. The minimum absolute atomic E-state index is 0.0102. The van der Waals surface area contributed by atoms with E-state index in [2.05, 4.69) is 4.90 Å². The van der Waals surface area contributed by atoms with Crippen LogP contribution < -0.4 is 5.73 Å². The van der Waals surface area contributed by atoms with E-state index in [0.29, 0.717) is 19.6 Å². The first kappa shape index (κ1) is 29.3. The molecular weight excluding hydrogens is 576 g/mol. The van der Waals surface area contributed by atoms with E-state index >= 15 is 0 Å². The van der Waals surface area contributed by atoms with Gasteiger partial charge < -0.3 is 44.7 Å². The third kappa shape index (κ3) is 4.15. The van der Waals surface area contributed by atoms with Crippen molar-refractivity contribution < 1.29 is 53.4 Å². The van der Waals surface area contributed by atoms with Gasteiger partial charge in [0.15, 0.2) is 36.2 Å². The SMILES string of the molecule is CO[C@H]1OCCN2C1O[C@@H]1[C@H](C)O[C@@H](O[C@H]3C[C@](O)(C(C)=O)Cc4c(O)c5c(c(O)c43)C(=O)c3c(N)cccc3C5=O)C[C@@H]12. The Bertz CT molecular complexity index is 1590. The molecule has 3 aliphatic heterocycles. The highest BCUT2D eigenvalue weighted by Gasteiger charge is 2.55. The Kier molecular flexibility index (Phi) is 6.86. The van der Waals surface area contributed by atoms with E-state index in [9.17, 15) is 29.7 Å². The second kappa shape index (κ2) is 10.3. The van der Waals surface area contributed by atoms with E-state index in [0.717, 1.165) is 0 Å². The van der Waals surface area contributed by atoms with Crippen LogP contribution in [-0.4, -0.2) is 100 Å². The first-order valence-electron chi connectivity index (χ1n) is 14.6. The van der Waals surface area contributed by atoms with Gasteiger partial charge in [-0.05, 0) is 19.9 Å². The summed E-state index contributed by atoms with van der Waals surface area (Å²) in [6.45, 7) is 4.11. The van der Waals surface area contributed by atoms with Gasteiger partial charge in [0.2, 0.25) is 0 Å². The fourth-order valence-corrected chi connectivity index (χ4v) is 7.49. The second-order valence-electron chi connectivity index (χ2n) is 12.1. The lowest BCUT2D eigenvalue weighted by Crippen LogP contribution is -2.55. The predicted molar refractivity (Wildman–Crippen MR) is 150 cm³/mol. The summed E-state index contributed by atoms with van der Waals surface area (Å²) in [5.41, 5.74) is 3.19. The number of nitrogens with two attached hydrogens (primary N) is 1. The molecule has 1 unspecified atom stereocenters. The maximum absolute atomic E-state index is 13.7. The molecule has 7 rings (SSSR count). The van der Waals surface area contributed by atoms with Crippen molar-refractivity contribution in [1.29, 1.82) is 0 Å². The summed E-state index contributed by atoms with van der Waals surface area (Å²) in [5, 5.41) is 34.6. The van der Waals surface area contributed by atoms with Crippen molar-refractivity contribution in [2.75, 3.05) is 26.0 Å². The number of morpholine rings is 1. The van der Waals surface area contributed by atoms with Crippen LogP contribution in [0.3, 0.4) is 0 Å². The Hall–Kier alpha value is -3.43. The van der Waals surface area contributed by atoms with Gasteiger partial charge in [-0.25, -0.2) is 0 Å². The van der Waals surface area contributed by atoms with Crippen LogP contribution in [0, 0.1) is 0 Å². The zero-order chi connectivity index (χ0) is 31.2. The molecule has 5 N–H and O–H groups in total. The summed E-state index contributed by atoms with van der Waals surface area (Å²) in [6, 6.07) is 4.27. The predicted octanol–water partition coefficient (Wildman–Crippen LogP) is 1.31. The number of phenols is 2. The molecule has 3 heterocycles. The Morgan fingerprint density at radius 1 is 1.11 bits per heavy atom. The van der Waals surface area contributed by atoms with Gasteiger partial charge in [-0.2, -0.15) is 0 Å². The van der Waals surface area contributed by atoms with Crippen molar-refractivity contribution in [3.63, 3.8) is 0 Å². The van der Waals surface area contributed by atoms with Crippen LogP contribution in [0.2, 0.25) is 0 Å². The molecule has 0 bridgehead atoms. The minimum Gasteiger partial charge on any atom is -0.507 e. The standard InChI is InChI=1S/C31H34N2O11/c1-12-28-17(33-7-8-41-30(40-3)29(33)44-28)9-19(42-12)43-18-11-31(39,13(2)34)10-15-21(18)27(38)23-22(25(15)36)24(35)14-5-4-6-16(32)20(14)26(23)37/h4-6,12,17-19,28-30,36,38-39H,7-11,32H2,1-3H3/t12-,17-,18-,19-,28+,29?,30-,31-/m0/s1. The van der Waals surface area contributed by atoms with Crippen LogP contribution in [-0.2, 0) is 34.9 Å². The number of carbonyl (C=O) groups is 3. The van der Waals surface area contributed by atoms with E-state index in [1.807, 2.05) is 6.92 Å². The number of aliphatic hydroxyl groups is 1. The number of hydrogen-bond acceptors (Lipinski definition) is 13. The summed E-state index contributed by atoms with van der Waals surface area (Å²) < 4.78 is 30.0. The molecule has 0 aromatic heterocycles. The van der Waals surface area contributed by atoms with Gasteiger partial charge in [0, 0.05) is 61.3 Å². The van der Waals surface area contributed by atoms with Gasteiger partial charge >= 0.3 is 0 Å². The van der Waals surface area contributed by atoms with Crippen molar-refractivity contribution in [3.05, 3.63) is 51.6 Å². The van der Waals surface area contributed by atoms with Crippen molar-refractivity contribution in [2.24, 2.45) is 0 Å². The largest absolute Gasteiger partial charge is 0.507 e. The van der Waals surface area contributed by atoms with Gasteiger partial charge in [-0.1, -0.05) is 12.1 Å². The number of hydrogen-bond donors (Lipinski definition) is 4. The molecule has 5 aliphatic rings. The Balaban J connectivity index is 1.29. The number of anilines is 1. The molecule has 2 aliphatic carbocycles. The number of nitrogen functional groups attached to an aromatic ring is 1. The smallest absolute Gasteiger partial charge is 0.200 e. The molecule has 234 valence electrons. The van der Waals surface area contributed by atoms with Crippen LogP contribution >= 0.6 is 0 Å². The number of nitrogens with zero attached hydrogens (tertiary/aromatic N) is 1. The number of methoxy groups -OCH3 is 1. The first-order valence-corrected chi connectivity index (χ1v) is 14.6. The van der Waals surface area contributed by atoms with Crippen LogP contribution in [0.25, 0.3) is 0 Å². The monoisotopic (exact) mass is 610 g/mol. The van der Waals surface area contributed by atoms with Crippen LogP contribution in [0.4, 0.5) is 5.69 Å². The fourth-order valence-electron chi connectivity index (χ4n) is 7.49. The fraction of sp³-hybridized carbons (Fsp3) is 0.516. The molecular formula is C31H34N2O11. The highest BCUT2D eigenvalue weighted by Crippen LogP contribution is 2.52. The third-order valence-electron chi connectivity index (χ3n) is 9.69. The molecule has 3 saturated heterocycles. The zero-order valence-electron chi connectivity index (χ0n) is 24.4. The van der Waals surface area contributed by atoms with Gasteiger partial charge in [0.05, 0.1) is 35.5 Å². The van der Waals surface area contributed by atoms with Crippen molar-refractivity contribution in [2.45, 2.75) is 81.9 Å². The highest BCUT2D eigenvalue weighted by atomic mass is 16.7. The van der Waals surface area contributed by atoms with Crippen molar-refractivity contribution >= 4 is 23.0 Å². The summed E-state index contributed by atoms with van der Waals surface area (Å²) in [7, 11) is 1.55.